The van der Waals surface area contributed by atoms with Crippen LogP contribution in [0, 0.1) is 0 Å². The number of ether oxygens (including phenoxy) is 1. The van der Waals surface area contributed by atoms with Crippen LogP contribution in [0.4, 0.5) is 11.8 Å². The minimum absolute atomic E-state index is 0.216. The summed E-state index contributed by atoms with van der Waals surface area (Å²) in [6.07, 6.45) is 4.27. The summed E-state index contributed by atoms with van der Waals surface area (Å²) in [5.74, 6) is 1.31. The van der Waals surface area contributed by atoms with E-state index in [-0.39, 0.29) is 5.91 Å². The van der Waals surface area contributed by atoms with Gasteiger partial charge in [-0.2, -0.15) is 0 Å². The molecule has 9 nitrogen and oxygen atoms in total. The highest BCUT2D eigenvalue weighted by Crippen LogP contribution is 2.15. The standard InChI is InChI=1S/C17H23N7O2/c1-26-13-3-8-18-16(25)14-4-5-15(22-21-14)23-9-11-24(12-10-23)17-19-6-2-7-20-17/h2,4-7H,3,8-13H2,1H3,(H,18,25). The van der Waals surface area contributed by atoms with Gasteiger partial charge in [-0.25, -0.2) is 9.97 Å². The molecule has 3 heterocycles. The van der Waals surface area contributed by atoms with E-state index in [0.717, 1.165) is 44.4 Å². The van der Waals surface area contributed by atoms with Crippen LogP contribution in [0.25, 0.3) is 0 Å². The summed E-state index contributed by atoms with van der Waals surface area (Å²) >= 11 is 0. The SMILES string of the molecule is COCCCNC(=O)c1ccc(N2CCN(c3ncccn3)CC2)nn1. The number of hydrogen-bond acceptors (Lipinski definition) is 8. The van der Waals surface area contributed by atoms with E-state index in [0.29, 0.717) is 18.8 Å². The number of hydrogen-bond donors (Lipinski definition) is 1. The van der Waals surface area contributed by atoms with E-state index in [4.69, 9.17) is 4.74 Å². The molecule has 26 heavy (non-hydrogen) atoms. The van der Waals surface area contributed by atoms with Crippen molar-refractivity contribution in [3.05, 3.63) is 36.3 Å². The summed E-state index contributed by atoms with van der Waals surface area (Å²) in [5.41, 5.74) is 0.322. The van der Waals surface area contributed by atoms with Crippen LogP contribution >= 0.6 is 0 Å². The van der Waals surface area contributed by atoms with Crippen molar-refractivity contribution in [1.29, 1.82) is 0 Å². The van der Waals surface area contributed by atoms with Crippen LogP contribution in [0.5, 0.6) is 0 Å². The summed E-state index contributed by atoms with van der Waals surface area (Å²) in [4.78, 5) is 24.9. The van der Waals surface area contributed by atoms with Gasteiger partial charge in [0.2, 0.25) is 5.95 Å². The van der Waals surface area contributed by atoms with Gasteiger partial charge in [0, 0.05) is 58.8 Å². The first-order chi connectivity index (χ1) is 12.8. The molecular formula is C17H23N7O2. The molecule has 1 fully saturated rings. The molecule has 3 rings (SSSR count). The zero-order valence-electron chi connectivity index (χ0n) is 14.8. The van der Waals surface area contributed by atoms with Crippen molar-refractivity contribution in [3.63, 3.8) is 0 Å². The van der Waals surface area contributed by atoms with Crippen molar-refractivity contribution >= 4 is 17.7 Å². The molecule has 0 unspecified atom stereocenters. The molecule has 0 spiro atoms. The molecular weight excluding hydrogens is 334 g/mol. The third-order valence-corrected chi connectivity index (χ3v) is 4.13. The first kappa shape index (κ1) is 18.0. The van der Waals surface area contributed by atoms with Crippen molar-refractivity contribution < 1.29 is 9.53 Å². The fourth-order valence-corrected chi connectivity index (χ4v) is 2.71. The average molecular weight is 357 g/mol. The van der Waals surface area contributed by atoms with Crippen LogP contribution in [0.1, 0.15) is 16.9 Å². The first-order valence-corrected chi connectivity index (χ1v) is 8.65. The minimum atomic E-state index is -0.216. The van der Waals surface area contributed by atoms with Crippen molar-refractivity contribution in [3.8, 4) is 0 Å². The topological polar surface area (TPSA) is 96.4 Å². The Hall–Kier alpha value is -2.81. The van der Waals surface area contributed by atoms with Crippen molar-refractivity contribution in [2.24, 2.45) is 0 Å². The number of nitrogens with zero attached hydrogens (tertiary/aromatic N) is 6. The predicted octanol–water partition coefficient (Wildman–Crippen LogP) is 0.360. The lowest BCUT2D eigenvalue weighted by atomic mass is 10.3. The zero-order chi connectivity index (χ0) is 18.2. The second-order valence-corrected chi connectivity index (χ2v) is 5.90. The number of amides is 1. The fourth-order valence-electron chi connectivity index (χ4n) is 2.71. The Morgan fingerprint density at radius 2 is 1.85 bits per heavy atom. The molecule has 0 bridgehead atoms. The normalized spacial score (nSPS) is 14.3. The Bertz CT molecular complexity index is 688. The van der Waals surface area contributed by atoms with Crippen molar-refractivity contribution in [2.75, 3.05) is 56.2 Å². The maximum Gasteiger partial charge on any atom is 0.271 e. The van der Waals surface area contributed by atoms with Gasteiger partial charge < -0.3 is 19.9 Å². The van der Waals surface area contributed by atoms with Crippen LogP contribution in [0.2, 0.25) is 0 Å². The average Bonchev–Trinajstić information content (AvgIpc) is 2.72. The number of aromatic nitrogens is 4. The Morgan fingerprint density at radius 3 is 2.50 bits per heavy atom. The lowest BCUT2D eigenvalue weighted by molar-refractivity contribution is 0.0942. The van der Waals surface area contributed by atoms with Crippen LogP contribution in [0.15, 0.2) is 30.6 Å². The highest BCUT2D eigenvalue weighted by atomic mass is 16.5. The quantitative estimate of drug-likeness (QED) is 0.710. The lowest BCUT2D eigenvalue weighted by Gasteiger charge is -2.35. The Balaban J connectivity index is 1.51. The number of methoxy groups -OCH3 is 1. The molecule has 0 aliphatic carbocycles. The molecule has 2 aromatic rings. The van der Waals surface area contributed by atoms with E-state index < -0.39 is 0 Å². The van der Waals surface area contributed by atoms with Gasteiger partial charge >= 0.3 is 0 Å². The second-order valence-electron chi connectivity index (χ2n) is 5.90. The summed E-state index contributed by atoms with van der Waals surface area (Å²) in [5, 5.41) is 11.1. The molecule has 1 N–H and O–H groups in total. The second kappa shape index (κ2) is 9.04. The zero-order valence-corrected chi connectivity index (χ0v) is 14.8. The Morgan fingerprint density at radius 1 is 1.12 bits per heavy atom. The van der Waals surface area contributed by atoms with Gasteiger partial charge in [-0.15, -0.1) is 10.2 Å². The number of nitrogens with one attached hydrogen (secondary N) is 1. The van der Waals surface area contributed by atoms with Crippen molar-refractivity contribution in [1.82, 2.24) is 25.5 Å². The number of piperazine rings is 1. The monoisotopic (exact) mass is 357 g/mol. The van der Waals surface area contributed by atoms with E-state index in [9.17, 15) is 4.79 Å². The number of carbonyl (C=O) groups is 1. The van der Waals surface area contributed by atoms with E-state index in [1.54, 1.807) is 25.6 Å². The molecule has 2 aromatic heterocycles. The van der Waals surface area contributed by atoms with E-state index >= 15 is 0 Å². The summed E-state index contributed by atoms with van der Waals surface area (Å²) in [6, 6.07) is 5.36. The van der Waals surface area contributed by atoms with Gasteiger partial charge in [-0.1, -0.05) is 0 Å². The molecule has 1 amide bonds. The van der Waals surface area contributed by atoms with Gasteiger partial charge in [-0.05, 0) is 24.6 Å². The maximum atomic E-state index is 12.0. The summed E-state index contributed by atoms with van der Waals surface area (Å²) < 4.78 is 4.95. The highest BCUT2D eigenvalue weighted by Gasteiger charge is 2.20. The molecule has 9 heteroatoms. The molecule has 1 aliphatic heterocycles. The molecule has 1 saturated heterocycles. The van der Waals surface area contributed by atoms with Crippen molar-refractivity contribution in [2.45, 2.75) is 6.42 Å². The van der Waals surface area contributed by atoms with Crippen LogP contribution in [-0.2, 0) is 4.74 Å². The number of rotatable bonds is 7. The molecule has 0 aromatic carbocycles. The van der Waals surface area contributed by atoms with Gasteiger partial charge in [0.1, 0.15) is 0 Å². The molecule has 0 radical (unpaired) electrons. The largest absolute Gasteiger partial charge is 0.385 e. The van der Waals surface area contributed by atoms with Crippen LogP contribution < -0.4 is 15.1 Å². The number of carbonyl (C=O) groups excluding carboxylic acids is 1. The van der Waals surface area contributed by atoms with Crippen LogP contribution in [0.3, 0.4) is 0 Å². The predicted molar refractivity (Wildman–Crippen MR) is 97.3 cm³/mol. The fraction of sp³-hybridized carbons (Fsp3) is 0.471. The smallest absolute Gasteiger partial charge is 0.271 e. The van der Waals surface area contributed by atoms with Gasteiger partial charge in [0.25, 0.3) is 5.91 Å². The van der Waals surface area contributed by atoms with E-state index in [1.165, 1.54) is 0 Å². The van der Waals surface area contributed by atoms with E-state index in [1.807, 2.05) is 12.1 Å². The number of anilines is 2. The van der Waals surface area contributed by atoms with E-state index in [2.05, 4.69) is 35.3 Å². The third kappa shape index (κ3) is 4.63. The molecule has 0 saturated carbocycles. The maximum absolute atomic E-state index is 12.0. The van der Waals surface area contributed by atoms with Gasteiger partial charge in [0.15, 0.2) is 11.5 Å². The Kier molecular flexibility index (Phi) is 6.26. The lowest BCUT2D eigenvalue weighted by Crippen LogP contribution is -2.47. The van der Waals surface area contributed by atoms with Gasteiger partial charge in [0.05, 0.1) is 0 Å². The minimum Gasteiger partial charge on any atom is -0.385 e. The molecule has 1 aliphatic rings. The highest BCUT2D eigenvalue weighted by molar-refractivity contribution is 5.92. The van der Waals surface area contributed by atoms with Crippen LogP contribution in [-0.4, -0.2) is 72.5 Å². The third-order valence-electron chi connectivity index (χ3n) is 4.13. The van der Waals surface area contributed by atoms with Gasteiger partial charge in [-0.3, -0.25) is 4.79 Å². The first-order valence-electron chi connectivity index (χ1n) is 8.65. The summed E-state index contributed by atoms with van der Waals surface area (Å²) in [7, 11) is 1.64. The Labute approximate surface area is 152 Å². The molecule has 0 atom stereocenters. The summed E-state index contributed by atoms with van der Waals surface area (Å²) in [6.45, 7) is 4.40. The molecule has 138 valence electrons.